The van der Waals surface area contributed by atoms with E-state index in [4.69, 9.17) is 0 Å². The van der Waals surface area contributed by atoms with Gasteiger partial charge in [-0.2, -0.15) is 0 Å². The number of rotatable bonds is 2. The van der Waals surface area contributed by atoms with Gasteiger partial charge >= 0.3 is 0 Å². The van der Waals surface area contributed by atoms with Crippen LogP contribution in [0, 0.1) is 6.92 Å². The Hall–Kier alpha value is -0.780. The molecule has 0 unspecified atom stereocenters. The Morgan fingerprint density at radius 3 is 1.60 bits per heavy atom. The van der Waals surface area contributed by atoms with Crippen molar-refractivity contribution in [3.63, 3.8) is 0 Å². The monoisotopic (exact) mass is 208 g/mol. The summed E-state index contributed by atoms with van der Waals surface area (Å²) in [4.78, 5) is 0. The molecule has 0 amide bonds. The van der Waals surface area contributed by atoms with Gasteiger partial charge in [0.15, 0.2) is 0 Å². The number of hydrogen-bond acceptors (Lipinski definition) is 0. The van der Waals surface area contributed by atoms with Crippen LogP contribution in [0.3, 0.4) is 0 Å². The van der Waals surface area contributed by atoms with Crippen molar-refractivity contribution in [3.8, 4) is 0 Å². The van der Waals surface area contributed by atoms with Crippen molar-refractivity contribution in [2.45, 2.75) is 60.8 Å². The summed E-state index contributed by atoms with van der Waals surface area (Å²) in [5, 5.41) is 0. The molecule has 0 bridgehead atoms. The zero-order valence-electron chi connectivity index (χ0n) is 11.4. The minimum atomic E-state index is 1.21. The van der Waals surface area contributed by atoms with Gasteiger partial charge in [0.05, 0.1) is 0 Å². The van der Waals surface area contributed by atoms with E-state index in [1.54, 1.807) is 0 Å². The lowest BCUT2D eigenvalue weighted by Crippen LogP contribution is -1.81. The normalized spacial score (nSPS) is 8.13. The van der Waals surface area contributed by atoms with Crippen molar-refractivity contribution in [1.82, 2.24) is 0 Å². The molecule has 15 heavy (non-hydrogen) atoms. The first-order valence-corrected chi connectivity index (χ1v) is 6.30. The van der Waals surface area contributed by atoms with Crippen LogP contribution >= 0.6 is 0 Å². The Kier molecular flexibility index (Phi) is 14.7. The van der Waals surface area contributed by atoms with Gasteiger partial charge in [0.1, 0.15) is 0 Å². The molecule has 0 radical (unpaired) electrons. The molecule has 0 spiro atoms. The molecule has 0 saturated carbocycles. The molecule has 88 valence electrons. The van der Waals surface area contributed by atoms with Crippen LogP contribution in [0.15, 0.2) is 24.3 Å². The van der Waals surface area contributed by atoms with E-state index in [0.29, 0.717) is 0 Å². The van der Waals surface area contributed by atoms with Gasteiger partial charge < -0.3 is 0 Å². The van der Waals surface area contributed by atoms with Crippen molar-refractivity contribution < 1.29 is 0 Å². The summed E-state index contributed by atoms with van der Waals surface area (Å²) < 4.78 is 0. The molecule has 1 aromatic rings. The highest BCUT2D eigenvalue weighted by Crippen LogP contribution is 2.04. The Bertz CT molecular complexity index is 196. The van der Waals surface area contributed by atoms with Crippen LogP contribution < -0.4 is 0 Å². The lowest BCUT2D eigenvalue weighted by atomic mass is 10.1. The molecule has 0 aliphatic rings. The Morgan fingerprint density at radius 2 is 1.27 bits per heavy atom. The molecule has 0 nitrogen and oxygen atoms in total. The fraction of sp³-hybridized carbons (Fsp3) is 0.600. The summed E-state index contributed by atoms with van der Waals surface area (Å²) in [6.45, 7) is 12.6. The summed E-state index contributed by atoms with van der Waals surface area (Å²) >= 11 is 0. The fourth-order valence-electron chi connectivity index (χ4n) is 1.04. The maximum absolute atomic E-state index is 2.21. The van der Waals surface area contributed by atoms with Gasteiger partial charge in [-0.25, -0.2) is 0 Å². The first-order chi connectivity index (χ1) is 7.24. The van der Waals surface area contributed by atoms with Gasteiger partial charge in [0.25, 0.3) is 0 Å². The maximum atomic E-state index is 2.21. The van der Waals surface area contributed by atoms with E-state index in [0.717, 1.165) is 0 Å². The molecule has 0 atom stereocenters. The minimum Gasteiger partial charge on any atom is -0.0683 e. The smallest absolute Gasteiger partial charge is 0.0281 e. The van der Waals surface area contributed by atoms with E-state index >= 15 is 0 Å². The van der Waals surface area contributed by atoms with Crippen LogP contribution in [-0.4, -0.2) is 0 Å². The van der Waals surface area contributed by atoms with Crippen LogP contribution in [0.25, 0.3) is 0 Å². The van der Waals surface area contributed by atoms with Gasteiger partial charge in [-0.3, -0.25) is 0 Å². The Labute approximate surface area is 96.7 Å². The SMILES string of the molecule is CC.CCC.CCCc1ccc(C)cc1. The van der Waals surface area contributed by atoms with Crippen LogP contribution in [0.1, 0.15) is 58.6 Å². The van der Waals surface area contributed by atoms with Gasteiger partial charge in [-0.15, -0.1) is 0 Å². The summed E-state index contributed by atoms with van der Waals surface area (Å²) in [5.41, 5.74) is 2.80. The quantitative estimate of drug-likeness (QED) is 0.611. The van der Waals surface area contributed by atoms with Crippen molar-refractivity contribution in [2.75, 3.05) is 0 Å². The maximum Gasteiger partial charge on any atom is -0.0281 e. The third kappa shape index (κ3) is 11.1. The van der Waals surface area contributed by atoms with Gasteiger partial charge in [-0.05, 0) is 18.9 Å². The molecule has 0 N–H and O–H groups in total. The van der Waals surface area contributed by atoms with Crippen molar-refractivity contribution in [2.24, 2.45) is 0 Å². The van der Waals surface area contributed by atoms with E-state index in [1.807, 2.05) is 13.8 Å². The molecule has 0 saturated heterocycles. The molecule has 0 fully saturated rings. The molecule has 1 rings (SSSR count). The Balaban J connectivity index is 0. The predicted molar refractivity (Wildman–Crippen MR) is 72.5 cm³/mol. The van der Waals surface area contributed by atoms with Gasteiger partial charge in [0, 0.05) is 0 Å². The average Bonchev–Trinajstić information content (AvgIpc) is 2.26. The molecule has 1 aromatic carbocycles. The van der Waals surface area contributed by atoms with Crippen molar-refractivity contribution >= 4 is 0 Å². The largest absolute Gasteiger partial charge is 0.0683 e. The highest BCUT2D eigenvalue weighted by molar-refractivity contribution is 5.21. The van der Waals surface area contributed by atoms with Gasteiger partial charge in [0.2, 0.25) is 0 Å². The molecular weight excluding hydrogens is 180 g/mol. The second-order valence-electron chi connectivity index (χ2n) is 3.44. The second-order valence-corrected chi connectivity index (χ2v) is 3.44. The molecule has 0 aliphatic heterocycles. The zero-order valence-corrected chi connectivity index (χ0v) is 11.4. The lowest BCUT2D eigenvalue weighted by molar-refractivity contribution is 0.921. The topological polar surface area (TPSA) is 0 Å². The van der Waals surface area contributed by atoms with Crippen LogP contribution in [0.2, 0.25) is 0 Å². The average molecular weight is 208 g/mol. The number of aryl methyl sites for hydroxylation is 2. The summed E-state index contributed by atoms with van der Waals surface area (Å²) in [6.07, 6.45) is 3.70. The summed E-state index contributed by atoms with van der Waals surface area (Å²) in [6, 6.07) is 8.76. The zero-order chi connectivity index (χ0) is 12.1. The fourth-order valence-corrected chi connectivity index (χ4v) is 1.04. The molecular formula is C15H28. The first-order valence-electron chi connectivity index (χ1n) is 6.30. The first kappa shape index (κ1) is 16.6. The van der Waals surface area contributed by atoms with Crippen molar-refractivity contribution in [1.29, 1.82) is 0 Å². The highest BCUT2D eigenvalue weighted by atomic mass is 13.9. The minimum absolute atomic E-state index is 1.21. The van der Waals surface area contributed by atoms with E-state index in [2.05, 4.69) is 52.0 Å². The van der Waals surface area contributed by atoms with Crippen LogP contribution in [0.5, 0.6) is 0 Å². The second kappa shape index (κ2) is 13.2. The predicted octanol–water partition coefficient (Wildman–Crippen LogP) is 5.39. The number of hydrogen-bond donors (Lipinski definition) is 0. The molecule has 0 aliphatic carbocycles. The van der Waals surface area contributed by atoms with Crippen LogP contribution in [-0.2, 0) is 6.42 Å². The van der Waals surface area contributed by atoms with E-state index < -0.39 is 0 Å². The van der Waals surface area contributed by atoms with E-state index in [-0.39, 0.29) is 0 Å². The number of benzene rings is 1. The van der Waals surface area contributed by atoms with Gasteiger partial charge in [-0.1, -0.05) is 77.3 Å². The molecule has 0 aromatic heterocycles. The third-order valence-corrected chi connectivity index (χ3v) is 1.66. The lowest BCUT2D eigenvalue weighted by Gasteiger charge is -1.97. The standard InChI is InChI=1S/C10H14.C3H8.C2H6/c1-3-4-10-7-5-9(2)6-8-10;1-3-2;1-2/h5-8H,3-4H2,1-2H3;3H2,1-2H3;1-2H3. The highest BCUT2D eigenvalue weighted by Gasteiger charge is 1.87. The van der Waals surface area contributed by atoms with E-state index in [1.165, 1.54) is 30.4 Å². The molecule has 0 heteroatoms. The third-order valence-electron chi connectivity index (χ3n) is 1.66. The summed E-state index contributed by atoms with van der Waals surface area (Å²) in [7, 11) is 0. The van der Waals surface area contributed by atoms with Crippen LogP contribution in [0.4, 0.5) is 0 Å². The van der Waals surface area contributed by atoms with Crippen molar-refractivity contribution in [3.05, 3.63) is 35.4 Å². The summed E-state index contributed by atoms with van der Waals surface area (Å²) in [5.74, 6) is 0. The molecule has 0 heterocycles. The Morgan fingerprint density at radius 1 is 0.867 bits per heavy atom. The van der Waals surface area contributed by atoms with E-state index in [9.17, 15) is 0 Å².